The number of rotatable bonds is 4. The average Bonchev–Trinajstić information content (AvgIpc) is 2.41. The van der Waals surface area contributed by atoms with Gasteiger partial charge in [-0.05, 0) is 40.4 Å². The van der Waals surface area contributed by atoms with Crippen molar-refractivity contribution in [2.75, 3.05) is 0 Å². The van der Waals surface area contributed by atoms with Gasteiger partial charge in [0.05, 0.1) is 10.6 Å². The van der Waals surface area contributed by atoms with E-state index in [-0.39, 0.29) is 11.3 Å². The number of benzene rings is 1. The van der Waals surface area contributed by atoms with Gasteiger partial charge in [0.2, 0.25) is 0 Å². The molecule has 0 saturated heterocycles. The van der Waals surface area contributed by atoms with Crippen LogP contribution in [0, 0.1) is 11.7 Å². The fourth-order valence-corrected chi connectivity index (χ4v) is 3.16. The Morgan fingerprint density at radius 3 is 2.68 bits per heavy atom. The van der Waals surface area contributed by atoms with E-state index in [1.807, 2.05) is 0 Å². The van der Waals surface area contributed by atoms with Gasteiger partial charge in [-0.15, -0.1) is 0 Å². The zero-order valence-electron chi connectivity index (χ0n) is 10.7. The molecular weight excluding hydrogens is 331 g/mol. The Labute approximate surface area is 126 Å². The van der Waals surface area contributed by atoms with E-state index in [1.54, 1.807) is 0 Å². The first-order chi connectivity index (χ1) is 9.08. The van der Waals surface area contributed by atoms with Gasteiger partial charge in [0.25, 0.3) is 0 Å². The van der Waals surface area contributed by atoms with Crippen LogP contribution in [0.25, 0.3) is 0 Å². The summed E-state index contributed by atoms with van der Waals surface area (Å²) in [5.41, 5.74) is 0.115. The van der Waals surface area contributed by atoms with Crippen molar-refractivity contribution in [2.45, 2.75) is 44.9 Å². The van der Waals surface area contributed by atoms with Gasteiger partial charge in [0, 0.05) is 10.9 Å². The molecule has 2 rings (SSSR count). The summed E-state index contributed by atoms with van der Waals surface area (Å²) >= 11 is 9.06. The standard InChI is InChI=1S/C15H17BrClFO/c16-12-9-14(18)11(8-13(12)17)15(19)7-6-10-4-2-1-3-5-10/h8-10H,1-7H2. The van der Waals surface area contributed by atoms with Gasteiger partial charge >= 0.3 is 0 Å². The van der Waals surface area contributed by atoms with Crippen LogP contribution in [-0.4, -0.2) is 5.78 Å². The fraction of sp³-hybridized carbons (Fsp3) is 0.533. The minimum atomic E-state index is -0.495. The van der Waals surface area contributed by atoms with Crippen LogP contribution in [0.2, 0.25) is 5.02 Å². The third-order valence-electron chi connectivity index (χ3n) is 3.81. The van der Waals surface area contributed by atoms with Gasteiger partial charge in [-0.3, -0.25) is 4.79 Å². The lowest BCUT2D eigenvalue weighted by molar-refractivity contribution is 0.0966. The highest BCUT2D eigenvalue weighted by Gasteiger charge is 2.18. The van der Waals surface area contributed by atoms with E-state index in [0.29, 0.717) is 21.8 Å². The highest BCUT2D eigenvalue weighted by molar-refractivity contribution is 9.10. The van der Waals surface area contributed by atoms with Gasteiger partial charge < -0.3 is 0 Å². The van der Waals surface area contributed by atoms with Crippen molar-refractivity contribution < 1.29 is 9.18 Å². The number of hydrogen-bond acceptors (Lipinski definition) is 1. The Balaban J connectivity index is 1.97. The third-order valence-corrected chi connectivity index (χ3v) is 5.01. The summed E-state index contributed by atoms with van der Waals surface area (Å²) < 4.78 is 14.2. The smallest absolute Gasteiger partial charge is 0.165 e. The largest absolute Gasteiger partial charge is 0.294 e. The zero-order valence-corrected chi connectivity index (χ0v) is 13.1. The lowest BCUT2D eigenvalue weighted by Crippen LogP contribution is -2.10. The van der Waals surface area contributed by atoms with Crippen LogP contribution >= 0.6 is 27.5 Å². The number of Topliss-reactive ketones (excluding diaryl/α,β-unsaturated/α-hetero) is 1. The highest BCUT2D eigenvalue weighted by atomic mass is 79.9. The molecule has 19 heavy (non-hydrogen) atoms. The molecule has 104 valence electrons. The SMILES string of the molecule is O=C(CCC1CCCCC1)c1cc(Cl)c(Br)cc1F. The van der Waals surface area contributed by atoms with Crippen LogP contribution in [0.15, 0.2) is 16.6 Å². The van der Waals surface area contributed by atoms with Crippen LogP contribution in [0.3, 0.4) is 0 Å². The number of carbonyl (C=O) groups is 1. The van der Waals surface area contributed by atoms with Gasteiger partial charge in [-0.2, -0.15) is 0 Å². The maximum atomic E-state index is 13.7. The molecule has 0 aromatic heterocycles. The van der Waals surface area contributed by atoms with Crippen molar-refractivity contribution in [3.8, 4) is 0 Å². The predicted octanol–water partition coefficient (Wildman–Crippen LogP) is 5.78. The second kappa shape index (κ2) is 6.85. The number of hydrogen-bond donors (Lipinski definition) is 0. The minimum Gasteiger partial charge on any atom is -0.294 e. The van der Waals surface area contributed by atoms with Crippen LogP contribution < -0.4 is 0 Å². The van der Waals surface area contributed by atoms with Crippen molar-refractivity contribution >= 4 is 33.3 Å². The third kappa shape index (κ3) is 4.03. The molecule has 1 aromatic carbocycles. The Morgan fingerprint density at radius 1 is 1.32 bits per heavy atom. The quantitative estimate of drug-likeness (QED) is 0.498. The summed E-state index contributed by atoms with van der Waals surface area (Å²) in [4.78, 5) is 12.1. The minimum absolute atomic E-state index is 0.115. The molecule has 0 bridgehead atoms. The Bertz CT molecular complexity index is 469. The lowest BCUT2D eigenvalue weighted by Gasteiger charge is -2.20. The average molecular weight is 348 g/mol. The summed E-state index contributed by atoms with van der Waals surface area (Å²) in [6, 6.07) is 2.68. The predicted molar refractivity (Wildman–Crippen MR) is 79.2 cm³/mol. The van der Waals surface area contributed by atoms with E-state index in [0.717, 1.165) is 6.42 Å². The molecule has 1 saturated carbocycles. The number of ketones is 1. The molecule has 0 heterocycles. The highest BCUT2D eigenvalue weighted by Crippen LogP contribution is 2.29. The maximum Gasteiger partial charge on any atom is 0.165 e. The van der Waals surface area contributed by atoms with Crippen molar-refractivity contribution in [3.05, 3.63) is 33.0 Å². The molecule has 1 aliphatic carbocycles. The van der Waals surface area contributed by atoms with E-state index in [4.69, 9.17) is 11.6 Å². The van der Waals surface area contributed by atoms with Gasteiger partial charge in [0.15, 0.2) is 5.78 Å². The molecular formula is C15H17BrClFO. The Hall–Kier alpha value is -0.410. The van der Waals surface area contributed by atoms with E-state index in [1.165, 1.54) is 44.2 Å². The van der Waals surface area contributed by atoms with Crippen molar-refractivity contribution in [1.82, 2.24) is 0 Å². The molecule has 0 spiro atoms. The van der Waals surface area contributed by atoms with E-state index < -0.39 is 5.82 Å². The number of halogens is 3. The molecule has 0 aliphatic heterocycles. The fourth-order valence-electron chi connectivity index (χ4n) is 2.68. The molecule has 0 amide bonds. The van der Waals surface area contributed by atoms with Crippen LogP contribution in [0.4, 0.5) is 4.39 Å². The second-order valence-corrected chi connectivity index (χ2v) is 6.47. The molecule has 1 fully saturated rings. The molecule has 1 aliphatic rings. The van der Waals surface area contributed by atoms with Crippen LogP contribution in [0.1, 0.15) is 55.3 Å². The molecule has 0 unspecified atom stereocenters. The maximum absolute atomic E-state index is 13.7. The van der Waals surface area contributed by atoms with Gasteiger partial charge in [-0.25, -0.2) is 4.39 Å². The first kappa shape index (κ1) is 15.0. The lowest BCUT2D eigenvalue weighted by atomic mass is 9.85. The molecule has 0 N–H and O–H groups in total. The summed E-state index contributed by atoms with van der Waals surface area (Å²) in [5.74, 6) is -0.00549. The number of carbonyl (C=O) groups excluding carboxylic acids is 1. The summed E-state index contributed by atoms with van der Waals surface area (Å²) in [5, 5.41) is 0.377. The molecule has 4 heteroatoms. The van der Waals surface area contributed by atoms with Gasteiger partial charge in [0.1, 0.15) is 5.82 Å². The van der Waals surface area contributed by atoms with E-state index in [9.17, 15) is 9.18 Å². The molecule has 0 radical (unpaired) electrons. The summed E-state index contributed by atoms with van der Waals surface area (Å²) in [6.07, 6.45) is 7.52. The monoisotopic (exact) mass is 346 g/mol. The first-order valence-electron chi connectivity index (χ1n) is 6.75. The first-order valence-corrected chi connectivity index (χ1v) is 7.93. The zero-order chi connectivity index (χ0) is 13.8. The van der Waals surface area contributed by atoms with Gasteiger partial charge in [-0.1, -0.05) is 43.7 Å². The summed E-state index contributed by atoms with van der Waals surface area (Å²) in [6.45, 7) is 0. The van der Waals surface area contributed by atoms with Crippen molar-refractivity contribution in [3.63, 3.8) is 0 Å². The molecule has 0 atom stereocenters. The summed E-state index contributed by atoms with van der Waals surface area (Å²) in [7, 11) is 0. The van der Waals surface area contributed by atoms with Crippen molar-refractivity contribution in [2.24, 2.45) is 5.92 Å². The van der Waals surface area contributed by atoms with E-state index >= 15 is 0 Å². The Morgan fingerprint density at radius 2 is 2.00 bits per heavy atom. The topological polar surface area (TPSA) is 17.1 Å². The normalized spacial score (nSPS) is 16.6. The molecule has 1 aromatic rings. The second-order valence-electron chi connectivity index (χ2n) is 5.21. The Kier molecular flexibility index (Phi) is 5.40. The van der Waals surface area contributed by atoms with Crippen LogP contribution in [0.5, 0.6) is 0 Å². The van der Waals surface area contributed by atoms with Crippen molar-refractivity contribution in [1.29, 1.82) is 0 Å². The van der Waals surface area contributed by atoms with E-state index in [2.05, 4.69) is 15.9 Å². The van der Waals surface area contributed by atoms with Crippen LogP contribution in [-0.2, 0) is 0 Å². The molecule has 1 nitrogen and oxygen atoms in total.